The molecule has 0 radical (unpaired) electrons. The fraction of sp³-hybridized carbons (Fsp3) is 0.600. The van der Waals surface area contributed by atoms with Crippen LogP contribution in [0.25, 0.3) is 0 Å². The van der Waals surface area contributed by atoms with E-state index in [2.05, 4.69) is 25.5 Å². The van der Waals surface area contributed by atoms with Crippen LogP contribution in [0, 0.1) is 6.92 Å². The van der Waals surface area contributed by atoms with Crippen molar-refractivity contribution in [1.82, 2.24) is 20.1 Å². The van der Waals surface area contributed by atoms with E-state index in [1.165, 1.54) is 0 Å². The van der Waals surface area contributed by atoms with Crippen molar-refractivity contribution in [2.45, 2.75) is 45.8 Å². The van der Waals surface area contributed by atoms with Crippen LogP contribution in [0.15, 0.2) is 23.2 Å². The molecule has 1 unspecified atom stereocenters. The third-order valence-corrected chi connectivity index (χ3v) is 4.65. The maximum atomic E-state index is 12.3. The smallest absolute Gasteiger partial charge is 0.410 e. The van der Waals surface area contributed by atoms with E-state index in [-0.39, 0.29) is 42.0 Å². The van der Waals surface area contributed by atoms with Gasteiger partial charge in [-0.1, -0.05) is 6.07 Å². The molecule has 2 aliphatic rings. The lowest BCUT2D eigenvalue weighted by Crippen LogP contribution is -2.57. The molecule has 166 valence electrons. The molecule has 0 aromatic carbocycles. The van der Waals surface area contributed by atoms with Crippen molar-refractivity contribution in [3.63, 3.8) is 0 Å². The van der Waals surface area contributed by atoms with Gasteiger partial charge in [0, 0.05) is 38.3 Å². The summed E-state index contributed by atoms with van der Waals surface area (Å²) in [6, 6.07) is 5.66. The SMILES string of the molecule is Cc1cccc(NC(=O)CCNC2=NCC3CN(C(=O)OC(C)(C)C)CCN23)n1.I. The minimum absolute atomic E-state index is 0. The highest BCUT2D eigenvalue weighted by Gasteiger charge is 2.36. The van der Waals surface area contributed by atoms with Crippen molar-refractivity contribution in [3.05, 3.63) is 23.9 Å². The van der Waals surface area contributed by atoms with E-state index in [0.717, 1.165) is 11.7 Å². The Balaban J connectivity index is 0.00000320. The molecule has 1 aromatic heterocycles. The zero-order valence-electron chi connectivity index (χ0n) is 18.0. The number of anilines is 1. The van der Waals surface area contributed by atoms with Crippen LogP contribution in [-0.2, 0) is 9.53 Å². The Kier molecular flexibility index (Phi) is 8.27. The van der Waals surface area contributed by atoms with Crippen molar-refractivity contribution in [1.29, 1.82) is 0 Å². The van der Waals surface area contributed by atoms with E-state index < -0.39 is 5.60 Å². The average Bonchev–Trinajstić information content (AvgIpc) is 3.02. The van der Waals surface area contributed by atoms with Gasteiger partial charge in [0.25, 0.3) is 0 Å². The number of piperazine rings is 1. The second-order valence-corrected chi connectivity index (χ2v) is 8.33. The summed E-state index contributed by atoms with van der Waals surface area (Å²) >= 11 is 0. The molecule has 9 nitrogen and oxygen atoms in total. The number of carbonyl (C=O) groups is 2. The normalized spacial score (nSPS) is 18.1. The van der Waals surface area contributed by atoms with E-state index in [9.17, 15) is 9.59 Å². The Labute approximate surface area is 194 Å². The summed E-state index contributed by atoms with van der Waals surface area (Å²) in [7, 11) is 0. The molecule has 1 saturated heterocycles. The molecule has 2 aliphatic heterocycles. The Morgan fingerprint density at radius 3 is 2.73 bits per heavy atom. The van der Waals surface area contributed by atoms with Crippen LogP contribution in [0.4, 0.5) is 10.6 Å². The van der Waals surface area contributed by atoms with Gasteiger partial charge in [-0.05, 0) is 39.8 Å². The Morgan fingerprint density at radius 2 is 2.03 bits per heavy atom. The first kappa shape index (κ1) is 24.2. The van der Waals surface area contributed by atoms with Crippen LogP contribution in [-0.4, -0.2) is 77.1 Å². The minimum Gasteiger partial charge on any atom is -0.444 e. The van der Waals surface area contributed by atoms with Gasteiger partial charge < -0.3 is 25.2 Å². The molecule has 3 rings (SSSR count). The van der Waals surface area contributed by atoms with Crippen LogP contribution in [0.2, 0.25) is 0 Å². The lowest BCUT2D eigenvalue weighted by molar-refractivity contribution is -0.116. The third kappa shape index (κ3) is 6.71. The number of pyridine rings is 1. The lowest BCUT2D eigenvalue weighted by Gasteiger charge is -2.39. The number of hydrogen-bond acceptors (Lipinski definition) is 7. The number of nitrogens with zero attached hydrogens (tertiary/aromatic N) is 4. The number of halogens is 1. The van der Waals surface area contributed by atoms with Crippen LogP contribution >= 0.6 is 24.0 Å². The van der Waals surface area contributed by atoms with Gasteiger partial charge in [0.15, 0.2) is 5.96 Å². The van der Waals surface area contributed by atoms with Gasteiger partial charge in [-0.3, -0.25) is 9.79 Å². The first-order valence-corrected chi connectivity index (χ1v) is 9.98. The summed E-state index contributed by atoms with van der Waals surface area (Å²) in [4.78, 5) is 37.1. The highest BCUT2D eigenvalue weighted by molar-refractivity contribution is 14.0. The Bertz CT molecular complexity index is 795. The number of guanidine groups is 1. The van der Waals surface area contributed by atoms with E-state index in [4.69, 9.17) is 4.74 Å². The van der Waals surface area contributed by atoms with Crippen molar-refractivity contribution < 1.29 is 14.3 Å². The third-order valence-electron chi connectivity index (χ3n) is 4.65. The molecule has 0 aliphatic carbocycles. The number of aromatic nitrogens is 1. The van der Waals surface area contributed by atoms with E-state index >= 15 is 0 Å². The maximum Gasteiger partial charge on any atom is 0.410 e. The van der Waals surface area contributed by atoms with Crippen molar-refractivity contribution >= 4 is 47.8 Å². The van der Waals surface area contributed by atoms with Crippen LogP contribution < -0.4 is 10.6 Å². The maximum absolute atomic E-state index is 12.3. The molecule has 1 fully saturated rings. The zero-order valence-corrected chi connectivity index (χ0v) is 20.3. The number of nitrogens with one attached hydrogen (secondary N) is 2. The van der Waals surface area contributed by atoms with E-state index in [0.29, 0.717) is 45.0 Å². The summed E-state index contributed by atoms with van der Waals surface area (Å²) in [6.45, 7) is 10.5. The number of rotatable bonds is 4. The Hall–Kier alpha value is -2.11. The molecule has 0 saturated carbocycles. The summed E-state index contributed by atoms with van der Waals surface area (Å²) in [5, 5.41) is 6.05. The molecule has 3 heterocycles. The van der Waals surface area contributed by atoms with Gasteiger partial charge in [0.2, 0.25) is 5.91 Å². The first-order chi connectivity index (χ1) is 13.7. The monoisotopic (exact) mass is 530 g/mol. The first-order valence-electron chi connectivity index (χ1n) is 9.98. The fourth-order valence-electron chi connectivity index (χ4n) is 3.33. The second kappa shape index (κ2) is 10.3. The van der Waals surface area contributed by atoms with Crippen molar-refractivity contribution in [2.24, 2.45) is 4.99 Å². The van der Waals surface area contributed by atoms with Gasteiger partial charge in [0.05, 0.1) is 12.6 Å². The predicted octanol–water partition coefficient (Wildman–Crippen LogP) is 2.22. The van der Waals surface area contributed by atoms with Crippen molar-refractivity contribution in [3.8, 4) is 0 Å². The van der Waals surface area contributed by atoms with Gasteiger partial charge in [-0.25, -0.2) is 9.78 Å². The van der Waals surface area contributed by atoms with Gasteiger partial charge in [-0.2, -0.15) is 0 Å². The number of hydrogen-bond donors (Lipinski definition) is 2. The Morgan fingerprint density at radius 1 is 1.27 bits per heavy atom. The number of aliphatic imine (C=N–C) groups is 1. The lowest BCUT2D eigenvalue weighted by atomic mass is 10.2. The van der Waals surface area contributed by atoms with Gasteiger partial charge >= 0.3 is 6.09 Å². The molecule has 1 atom stereocenters. The average molecular weight is 530 g/mol. The van der Waals surface area contributed by atoms with Crippen molar-refractivity contribution in [2.75, 3.05) is 38.0 Å². The molecule has 10 heteroatoms. The molecule has 2 N–H and O–H groups in total. The molecular formula is C20H31IN6O3. The van der Waals surface area contributed by atoms with E-state index in [1.807, 2.05) is 39.8 Å². The molecule has 30 heavy (non-hydrogen) atoms. The van der Waals surface area contributed by atoms with Crippen LogP contribution in [0.3, 0.4) is 0 Å². The predicted molar refractivity (Wildman–Crippen MR) is 126 cm³/mol. The highest BCUT2D eigenvalue weighted by Crippen LogP contribution is 2.18. The number of carbonyl (C=O) groups excluding carboxylic acids is 2. The molecule has 2 amide bonds. The molecule has 0 spiro atoms. The number of amides is 2. The molecular weight excluding hydrogens is 499 g/mol. The van der Waals surface area contributed by atoms with Crippen LogP contribution in [0.5, 0.6) is 0 Å². The highest BCUT2D eigenvalue weighted by atomic mass is 127. The van der Waals surface area contributed by atoms with Gasteiger partial charge in [-0.15, -0.1) is 24.0 Å². The number of aryl methyl sites for hydroxylation is 1. The molecule has 0 bridgehead atoms. The largest absolute Gasteiger partial charge is 0.444 e. The standard InChI is InChI=1S/C20H30N6O3.HI/c1-14-6-5-7-16(23-14)24-17(27)8-9-21-18-22-12-15-13-25(10-11-26(15)18)19(28)29-20(2,3)4;/h5-7,15H,8-13H2,1-4H3,(H,21,22)(H,23,24,27);1H. The summed E-state index contributed by atoms with van der Waals surface area (Å²) < 4.78 is 5.47. The summed E-state index contributed by atoms with van der Waals surface area (Å²) in [5.41, 5.74) is 0.361. The number of ether oxygens (including phenoxy) is 1. The minimum atomic E-state index is -0.498. The fourth-order valence-corrected chi connectivity index (χ4v) is 3.33. The topological polar surface area (TPSA) is 99.2 Å². The number of fused-ring (bicyclic) bond motifs is 1. The van der Waals surface area contributed by atoms with E-state index in [1.54, 1.807) is 11.0 Å². The second-order valence-electron chi connectivity index (χ2n) is 8.33. The van der Waals surface area contributed by atoms with Gasteiger partial charge in [0.1, 0.15) is 11.4 Å². The zero-order chi connectivity index (χ0) is 21.0. The summed E-state index contributed by atoms with van der Waals surface area (Å²) in [6.07, 6.45) is 0.0389. The van der Waals surface area contributed by atoms with Crippen LogP contribution in [0.1, 0.15) is 32.9 Å². The molecule has 1 aromatic rings. The quantitative estimate of drug-likeness (QED) is 0.580. The summed E-state index contributed by atoms with van der Waals surface area (Å²) in [5.74, 6) is 1.26.